The van der Waals surface area contributed by atoms with Gasteiger partial charge in [0.1, 0.15) is 24.1 Å². The lowest BCUT2D eigenvalue weighted by Crippen LogP contribution is -2.54. The smallest absolute Gasteiger partial charge is 0.244 e. The highest BCUT2D eigenvalue weighted by atomic mass is 32.2. The van der Waals surface area contributed by atoms with Crippen molar-refractivity contribution >= 4 is 27.5 Å². The zero-order chi connectivity index (χ0) is 28.6. The topological polar surface area (TPSA) is 105 Å². The molecule has 0 bridgehead atoms. The molecule has 10 heteroatoms. The Morgan fingerprint density at radius 3 is 2.36 bits per heavy atom. The molecule has 1 fully saturated rings. The Labute approximate surface area is 232 Å². The lowest BCUT2D eigenvalue weighted by Gasteiger charge is -2.34. The predicted octanol–water partition coefficient (Wildman–Crippen LogP) is 4.03. The minimum absolute atomic E-state index is 0.0878. The zero-order valence-corrected chi connectivity index (χ0v) is 24.4. The number of nitrogens with zero attached hydrogens (tertiary/aromatic N) is 2. The summed E-state index contributed by atoms with van der Waals surface area (Å²) in [5, 5.41) is 3.15. The number of aryl methyl sites for hydroxylation is 1. The third-order valence-electron chi connectivity index (χ3n) is 7.11. The number of anilines is 1. The molecule has 1 N–H and O–H groups in total. The van der Waals surface area contributed by atoms with Crippen molar-refractivity contribution in [2.45, 2.75) is 71.0 Å². The molecule has 1 atom stereocenters. The van der Waals surface area contributed by atoms with Gasteiger partial charge in [0.2, 0.25) is 21.8 Å². The van der Waals surface area contributed by atoms with Gasteiger partial charge in [0.25, 0.3) is 0 Å². The largest absolute Gasteiger partial charge is 0.497 e. The van der Waals surface area contributed by atoms with Crippen molar-refractivity contribution in [2.24, 2.45) is 0 Å². The standard InChI is InChI=1S/C29H41N3O6S/c1-6-25(29(34)30-23-13-8-7-9-14-23)31(19-22-12-10-11-21(2)17-22)28(33)20-32(39(5,35)36)26-18-24(37-3)15-16-27(26)38-4/h10-12,15-18,23,25H,6-9,13-14,19-20H2,1-5H3,(H,30,34). The first kappa shape index (κ1) is 30.3. The fourth-order valence-corrected chi connectivity index (χ4v) is 5.90. The van der Waals surface area contributed by atoms with Crippen molar-refractivity contribution in [3.8, 4) is 11.5 Å². The second-order valence-electron chi connectivity index (χ2n) is 10.1. The maximum atomic E-state index is 14.0. The van der Waals surface area contributed by atoms with Gasteiger partial charge in [-0.3, -0.25) is 13.9 Å². The predicted molar refractivity (Wildman–Crippen MR) is 153 cm³/mol. The molecule has 0 aliphatic heterocycles. The average molecular weight is 560 g/mol. The number of carbonyl (C=O) groups is 2. The number of sulfonamides is 1. The van der Waals surface area contributed by atoms with E-state index in [1.807, 2.05) is 38.1 Å². The molecule has 214 valence electrons. The number of hydrogen-bond donors (Lipinski definition) is 1. The van der Waals surface area contributed by atoms with Crippen molar-refractivity contribution in [3.63, 3.8) is 0 Å². The SMILES string of the molecule is CCC(C(=O)NC1CCCCC1)N(Cc1cccc(C)c1)C(=O)CN(c1cc(OC)ccc1OC)S(C)(=O)=O. The van der Waals surface area contributed by atoms with Gasteiger partial charge < -0.3 is 19.7 Å². The maximum Gasteiger partial charge on any atom is 0.244 e. The number of amides is 2. The van der Waals surface area contributed by atoms with Gasteiger partial charge in [-0.2, -0.15) is 0 Å². The van der Waals surface area contributed by atoms with Gasteiger partial charge >= 0.3 is 0 Å². The summed E-state index contributed by atoms with van der Waals surface area (Å²) in [5.74, 6) is -0.00382. The molecule has 0 aromatic heterocycles. The molecule has 1 saturated carbocycles. The van der Waals surface area contributed by atoms with Crippen LogP contribution in [-0.2, 0) is 26.2 Å². The monoisotopic (exact) mass is 559 g/mol. The number of nitrogens with one attached hydrogen (secondary N) is 1. The number of rotatable bonds is 12. The summed E-state index contributed by atoms with van der Waals surface area (Å²) in [7, 11) is -1.00. The fraction of sp³-hybridized carbons (Fsp3) is 0.517. The number of methoxy groups -OCH3 is 2. The van der Waals surface area contributed by atoms with Crippen LogP contribution in [0, 0.1) is 6.92 Å². The van der Waals surface area contributed by atoms with E-state index in [-0.39, 0.29) is 29.9 Å². The summed E-state index contributed by atoms with van der Waals surface area (Å²) in [5.41, 5.74) is 2.07. The normalized spacial score (nSPS) is 14.8. The highest BCUT2D eigenvalue weighted by Gasteiger charge is 2.33. The van der Waals surface area contributed by atoms with Crippen LogP contribution < -0.4 is 19.1 Å². The molecule has 2 aromatic carbocycles. The Morgan fingerprint density at radius 2 is 1.77 bits per heavy atom. The van der Waals surface area contributed by atoms with Crippen LogP contribution in [0.5, 0.6) is 11.5 Å². The van der Waals surface area contributed by atoms with Gasteiger partial charge in [0.05, 0.1) is 26.2 Å². The molecule has 0 saturated heterocycles. The quantitative estimate of drug-likeness (QED) is 0.421. The summed E-state index contributed by atoms with van der Waals surface area (Å²) in [6.45, 7) is 3.50. The molecule has 2 aromatic rings. The first-order valence-electron chi connectivity index (χ1n) is 13.4. The molecule has 0 spiro atoms. The van der Waals surface area contributed by atoms with Crippen LogP contribution in [0.1, 0.15) is 56.6 Å². The lowest BCUT2D eigenvalue weighted by molar-refractivity contribution is -0.140. The third-order valence-corrected chi connectivity index (χ3v) is 8.23. The Balaban J connectivity index is 1.98. The molecule has 0 heterocycles. The van der Waals surface area contributed by atoms with E-state index in [0.29, 0.717) is 12.2 Å². The van der Waals surface area contributed by atoms with Crippen LogP contribution in [0.15, 0.2) is 42.5 Å². The van der Waals surface area contributed by atoms with Gasteiger partial charge in [-0.1, -0.05) is 56.0 Å². The Morgan fingerprint density at radius 1 is 1.05 bits per heavy atom. The van der Waals surface area contributed by atoms with Crippen LogP contribution in [0.2, 0.25) is 0 Å². The van der Waals surface area contributed by atoms with E-state index in [2.05, 4.69) is 5.32 Å². The Hall–Kier alpha value is -3.27. The molecular formula is C29H41N3O6S. The first-order chi connectivity index (χ1) is 18.6. The van der Waals surface area contributed by atoms with E-state index < -0.39 is 28.5 Å². The van der Waals surface area contributed by atoms with Crippen LogP contribution >= 0.6 is 0 Å². The number of benzene rings is 2. The summed E-state index contributed by atoms with van der Waals surface area (Å²) in [4.78, 5) is 29.0. The number of ether oxygens (including phenoxy) is 2. The van der Waals surface area contributed by atoms with E-state index in [9.17, 15) is 18.0 Å². The zero-order valence-electron chi connectivity index (χ0n) is 23.6. The second kappa shape index (κ2) is 13.7. The number of carbonyl (C=O) groups excluding carboxylic acids is 2. The summed E-state index contributed by atoms with van der Waals surface area (Å²) >= 11 is 0. The number of hydrogen-bond acceptors (Lipinski definition) is 6. The van der Waals surface area contributed by atoms with E-state index in [4.69, 9.17) is 9.47 Å². The van der Waals surface area contributed by atoms with Crippen LogP contribution in [-0.4, -0.2) is 64.2 Å². The molecule has 0 radical (unpaired) electrons. The van der Waals surface area contributed by atoms with Crippen LogP contribution in [0.25, 0.3) is 0 Å². The third kappa shape index (κ3) is 8.11. The molecule has 2 amide bonds. The lowest BCUT2D eigenvalue weighted by atomic mass is 9.95. The van der Waals surface area contributed by atoms with Gasteiger partial charge in [0.15, 0.2) is 0 Å². The van der Waals surface area contributed by atoms with Gasteiger partial charge in [-0.05, 0) is 43.9 Å². The van der Waals surface area contributed by atoms with Crippen molar-refractivity contribution in [2.75, 3.05) is 31.3 Å². The molecule has 3 rings (SSSR count). The Bertz CT molecular complexity index is 1240. The average Bonchev–Trinajstić information content (AvgIpc) is 2.91. The minimum Gasteiger partial charge on any atom is -0.497 e. The minimum atomic E-state index is -3.91. The van der Waals surface area contributed by atoms with Crippen molar-refractivity contribution in [3.05, 3.63) is 53.6 Å². The molecule has 9 nitrogen and oxygen atoms in total. The molecule has 39 heavy (non-hydrogen) atoms. The van der Waals surface area contributed by atoms with Crippen molar-refractivity contribution in [1.82, 2.24) is 10.2 Å². The van der Waals surface area contributed by atoms with Crippen molar-refractivity contribution in [1.29, 1.82) is 0 Å². The Kier molecular flexibility index (Phi) is 10.6. The molecule has 1 aliphatic rings. The van der Waals surface area contributed by atoms with Gasteiger partial charge in [-0.15, -0.1) is 0 Å². The van der Waals surface area contributed by atoms with E-state index in [1.165, 1.54) is 25.2 Å². The van der Waals surface area contributed by atoms with Gasteiger partial charge in [0, 0.05) is 18.7 Å². The van der Waals surface area contributed by atoms with Crippen LogP contribution in [0.3, 0.4) is 0 Å². The summed E-state index contributed by atoms with van der Waals surface area (Å²) in [6, 6.07) is 11.8. The first-order valence-corrected chi connectivity index (χ1v) is 15.3. The fourth-order valence-electron chi connectivity index (χ4n) is 5.06. The summed E-state index contributed by atoms with van der Waals surface area (Å²) < 4.78 is 37.7. The second-order valence-corrected chi connectivity index (χ2v) is 12.0. The van der Waals surface area contributed by atoms with Crippen molar-refractivity contribution < 1.29 is 27.5 Å². The highest BCUT2D eigenvalue weighted by molar-refractivity contribution is 7.92. The van der Waals surface area contributed by atoms with Gasteiger partial charge in [-0.25, -0.2) is 8.42 Å². The maximum absolute atomic E-state index is 14.0. The molecule has 1 unspecified atom stereocenters. The van der Waals surface area contributed by atoms with E-state index in [1.54, 1.807) is 12.1 Å². The van der Waals surface area contributed by atoms with E-state index in [0.717, 1.165) is 53.8 Å². The van der Waals surface area contributed by atoms with Crippen LogP contribution in [0.4, 0.5) is 5.69 Å². The van der Waals surface area contributed by atoms with E-state index >= 15 is 0 Å². The highest BCUT2D eigenvalue weighted by Crippen LogP contribution is 2.34. The molecule has 1 aliphatic carbocycles. The molecular weight excluding hydrogens is 518 g/mol. The summed E-state index contributed by atoms with van der Waals surface area (Å²) in [6.07, 6.45) is 6.57.